The normalized spacial score (nSPS) is 11.4. The molecule has 0 amide bonds. The Morgan fingerprint density at radius 1 is 0.220 bits per heavy atom. The summed E-state index contributed by atoms with van der Waals surface area (Å²) in [5, 5.41) is 9.89. The van der Waals surface area contributed by atoms with Crippen LogP contribution in [0.5, 0.6) is 0 Å². The molecule has 11 rings (SSSR count). The van der Waals surface area contributed by atoms with Crippen molar-refractivity contribution in [2.45, 2.75) is 0 Å². The summed E-state index contributed by atoms with van der Waals surface area (Å²) in [4.78, 5) is 2.45. The predicted molar refractivity (Wildman–Crippen MR) is 253 cm³/mol. The Labute approximate surface area is 344 Å². The van der Waals surface area contributed by atoms with Gasteiger partial charge in [0.2, 0.25) is 0 Å². The maximum Gasteiger partial charge on any atom is 0.0546 e. The molecular weight excluding hydrogens is 711 g/mol. The maximum absolute atomic E-state index is 2.45. The minimum absolute atomic E-state index is 1.09. The van der Waals surface area contributed by atoms with Crippen LogP contribution in [0.2, 0.25) is 0 Å². The minimum atomic E-state index is 1.09. The lowest BCUT2D eigenvalue weighted by atomic mass is 9.94. The van der Waals surface area contributed by atoms with E-state index in [0.29, 0.717) is 0 Å². The van der Waals surface area contributed by atoms with Gasteiger partial charge < -0.3 is 4.90 Å². The SMILES string of the molecule is c1cc(-c2ccc3ccccc3c2)cc(N(c2ccc(-c3cccc4ccccc34)cc2)c2cc(-c3ccc4ccccc4c3)ccc2-c2ccc3ccccc3c2)c1. The zero-order valence-electron chi connectivity index (χ0n) is 32.5. The average Bonchev–Trinajstić information content (AvgIpc) is 3.31. The molecule has 1 heteroatoms. The molecule has 0 saturated heterocycles. The zero-order chi connectivity index (χ0) is 39.1. The van der Waals surface area contributed by atoms with Gasteiger partial charge in [-0.05, 0) is 131 Å². The summed E-state index contributed by atoms with van der Waals surface area (Å²) in [5.74, 6) is 0. The maximum atomic E-state index is 2.45. The van der Waals surface area contributed by atoms with Gasteiger partial charge in [0, 0.05) is 16.9 Å². The second-order valence-corrected chi connectivity index (χ2v) is 15.4. The molecule has 0 atom stereocenters. The van der Waals surface area contributed by atoms with E-state index in [2.05, 4.69) is 241 Å². The molecular formula is C58H39N. The highest BCUT2D eigenvalue weighted by molar-refractivity contribution is 5.99. The third-order valence-corrected chi connectivity index (χ3v) is 11.8. The topological polar surface area (TPSA) is 3.24 Å². The van der Waals surface area contributed by atoms with Crippen molar-refractivity contribution in [3.05, 3.63) is 237 Å². The first-order valence-electron chi connectivity index (χ1n) is 20.3. The first-order valence-corrected chi connectivity index (χ1v) is 20.3. The van der Waals surface area contributed by atoms with Crippen LogP contribution >= 0.6 is 0 Å². The smallest absolute Gasteiger partial charge is 0.0546 e. The van der Waals surface area contributed by atoms with E-state index < -0.39 is 0 Å². The van der Waals surface area contributed by atoms with E-state index in [9.17, 15) is 0 Å². The fraction of sp³-hybridized carbons (Fsp3) is 0. The Morgan fingerprint density at radius 2 is 0.678 bits per heavy atom. The van der Waals surface area contributed by atoms with Crippen molar-refractivity contribution < 1.29 is 0 Å². The molecule has 0 aliphatic carbocycles. The predicted octanol–water partition coefficient (Wildman–Crippen LogP) is 16.4. The molecule has 0 fully saturated rings. The lowest BCUT2D eigenvalue weighted by Crippen LogP contribution is -2.11. The summed E-state index contributed by atoms with van der Waals surface area (Å²) in [5.41, 5.74) is 12.8. The number of anilines is 3. The van der Waals surface area contributed by atoms with E-state index in [1.54, 1.807) is 0 Å². The summed E-state index contributed by atoms with van der Waals surface area (Å²) >= 11 is 0. The Balaban J connectivity index is 1.13. The van der Waals surface area contributed by atoms with E-state index in [-0.39, 0.29) is 0 Å². The van der Waals surface area contributed by atoms with Crippen molar-refractivity contribution in [2.24, 2.45) is 0 Å². The van der Waals surface area contributed by atoms with Gasteiger partial charge in [-0.3, -0.25) is 0 Å². The number of nitrogens with zero attached hydrogens (tertiary/aromatic N) is 1. The number of hydrogen-bond donors (Lipinski definition) is 0. The highest BCUT2D eigenvalue weighted by Crippen LogP contribution is 2.45. The van der Waals surface area contributed by atoms with Crippen molar-refractivity contribution in [3.63, 3.8) is 0 Å². The van der Waals surface area contributed by atoms with Crippen LogP contribution in [0.4, 0.5) is 17.1 Å². The molecule has 11 aromatic carbocycles. The van der Waals surface area contributed by atoms with Crippen LogP contribution in [0.25, 0.3) is 87.6 Å². The highest BCUT2D eigenvalue weighted by atomic mass is 15.1. The summed E-state index contributed by atoms with van der Waals surface area (Å²) in [6, 6.07) is 86.6. The molecule has 0 N–H and O–H groups in total. The molecule has 0 saturated carbocycles. The first-order chi connectivity index (χ1) is 29.2. The van der Waals surface area contributed by atoms with Crippen molar-refractivity contribution in [3.8, 4) is 44.5 Å². The van der Waals surface area contributed by atoms with Gasteiger partial charge >= 0.3 is 0 Å². The van der Waals surface area contributed by atoms with Gasteiger partial charge in [0.05, 0.1) is 5.69 Å². The van der Waals surface area contributed by atoms with E-state index >= 15 is 0 Å². The van der Waals surface area contributed by atoms with Crippen LogP contribution in [-0.2, 0) is 0 Å². The summed E-state index contributed by atoms with van der Waals surface area (Å²) < 4.78 is 0. The number of benzene rings is 11. The van der Waals surface area contributed by atoms with Crippen molar-refractivity contribution in [1.82, 2.24) is 0 Å². The fourth-order valence-electron chi connectivity index (χ4n) is 8.75. The molecule has 276 valence electrons. The van der Waals surface area contributed by atoms with Gasteiger partial charge in [-0.1, -0.05) is 188 Å². The quantitative estimate of drug-likeness (QED) is 0.157. The van der Waals surface area contributed by atoms with Gasteiger partial charge in [-0.25, -0.2) is 0 Å². The molecule has 0 bridgehead atoms. The summed E-state index contributed by atoms with van der Waals surface area (Å²) in [6.07, 6.45) is 0. The number of rotatable bonds is 7. The van der Waals surface area contributed by atoms with Crippen LogP contribution in [0.15, 0.2) is 237 Å². The molecule has 0 aliphatic heterocycles. The van der Waals surface area contributed by atoms with Crippen molar-refractivity contribution >= 4 is 60.2 Å². The van der Waals surface area contributed by atoms with Gasteiger partial charge in [-0.2, -0.15) is 0 Å². The molecule has 59 heavy (non-hydrogen) atoms. The van der Waals surface area contributed by atoms with E-state index in [4.69, 9.17) is 0 Å². The second-order valence-electron chi connectivity index (χ2n) is 15.4. The van der Waals surface area contributed by atoms with Crippen LogP contribution in [0.3, 0.4) is 0 Å². The van der Waals surface area contributed by atoms with E-state index in [1.807, 2.05) is 0 Å². The van der Waals surface area contributed by atoms with Gasteiger partial charge in [0.15, 0.2) is 0 Å². The minimum Gasteiger partial charge on any atom is -0.310 e. The average molecular weight is 750 g/mol. The molecule has 0 radical (unpaired) electrons. The Morgan fingerprint density at radius 3 is 1.32 bits per heavy atom. The Kier molecular flexibility index (Phi) is 8.56. The molecule has 1 nitrogen and oxygen atoms in total. The molecule has 0 spiro atoms. The molecule has 0 aromatic heterocycles. The van der Waals surface area contributed by atoms with Gasteiger partial charge in [-0.15, -0.1) is 0 Å². The van der Waals surface area contributed by atoms with E-state index in [0.717, 1.165) is 22.6 Å². The van der Waals surface area contributed by atoms with Crippen molar-refractivity contribution in [1.29, 1.82) is 0 Å². The molecule has 0 heterocycles. The van der Waals surface area contributed by atoms with Crippen LogP contribution in [0.1, 0.15) is 0 Å². The molecule has 11 aromatic rings. The summed E-state index contributed by atoms with van der Waals surface area (Å²) in [6.45, 7) is 0. The van der Waals surface area contributed by atoms with Crippen LogP contribution in [-0.4, -0.2) is 0 Å². The molecule has 0 unspecified atom stereocenters. The third-order valence-electron chi connectivity index (χ3n) is 11.8. The second kappa shape index (κ2) is 14.6. The van der Waals surface area contributed by atoms with Crippen LogP contribution in [0, 0.1) is 0 Å². The van der Waals surface area contributed by atoms with E-state index in [1.165, 1.54) is 82.0 Å². The summed E-state index contributed by atoms with van der Waals surface area (Å²) in [7, 11) is 0. The first kappa shape index (κ1) is 34.5. The Hall–Kier alpha value is -7.74. The zero-order valence-corrected chi connectivity index (χ0v) is 32.5. The standard InChI is InChI=1S/C58H39N/c1-4-15-45-35-49(26-23-40(45)11-1)48-19-9-20-54(38-48)59(53-32-29-44(30-33-53)56-22-10-18-43-14-7-8-21-55(43)56)58-39-51(50-27-24-41-12-2-5-16-46(41)36-50)31-34-57(58)52-28-25-42-13-3-6-17-47(42)37-52/h1-39H. The Bertz CT molecular complexity index is 3330. The van der Waals surface area contributed by atoms with Gasteiger partial charge in [0.1, 0.15) is 0 Å². The number of hydrogen-bond acceptors (Lipinski definition) is 1. The largest absolute Gasteiger partial charge is 0.310 e. The number of fused-ring (bicyclic) bond motifs is 4. The lowest BCUT2D eigenvalue weighted by molar-refractivity contribution is 1.28. The van der Waals surface area contributed by atoms with Gasteiger partial charge in [0.25, 0.3) is 0 Å². The molecule has 0 aliphatic rings. The monoisotopic (exact) mass is 749 g/mol. The third kappa shape index (κ3) is 6.49. The fourth-order valence-corrected chi connectivity index (χ4v) is 8.75. The van der Waals surface area contributed by atoms with Crippen LogP contribution < -0.4 is 4.90 Å². The van der Waals surface area contributed by atoms with Crippen molar-refractivity contribution in [2.75, 3.05) is 4.90 Å². The lowest BCUT2D eigenvalue weighted by Gasteiger charge is -2.29. The highest BCUT2D eigenvalue weighted by Gasteiger charge is 2.20.